The monoisotopic (exact) mass is 113 g/mol. The van der Waals surface area contributed by atoms with E-state index in [0.717, 1.165) is 13.1 Å². The van der Waals surface area contributed by atoms with Gasteiger partial charge < -0.3 is 5.32 Å². The van der Waals surface area contributed by atoms with E-state index in [0.29, 0.717) is 0 Å². The molecule has 1 N–H and O–H groups in total. The van der Waals surface area contributed by atoms with Gasteiger partial charge in [0.2, 0.25) is 0 Å². The molecule has 1 nitrogen and oxygen atoms in total. The number of hydrogen-bond donors (Lipinski definition) is 1. The summed E-state index contributed by atoms with van der Waals surface area (Å²) in [6.45, 7) is 8.40. The van der Waals surface area contributed by atoms with Crippen molar-refractivity contribution in [1.29, 1.82) is 0 Å². The fourth-order valence-electron chi connectivity index (χ4n) is 0.424. The molecule has 48 valence electrons. The first kappa shape index (κ1) is 7.70. The van der Waals surface area contributed by atoms with Crippen LogP contribution in [0.25, 0.3) is 0 Å². The molecule has 0 aromatic rings. The van der Waals surface area contributed by atoms with Crippen molar-refractivity contribution in [3.8, 4) is 0 Å². The normalized spacial score (nSPS) is 12.1. The van der Waals surface area contributed by atoms with Crippen LogP contribution in [0.3, 0.4) is 0 Å². The average Bonchev–Trinajstić information content (AvgIpc) is 1.83. The Morgan fingerprint density at radius 1 is 1.62 bits per heavy atom. The van der Waals surface area contributed by atoms with Gasteiger partial charge in [0.1, 0.15) is 0 Å². The van der Waals surface area contributed by atoms with Gasteiger partial charge in [-0.1, -0.05) is 18.6 Å². The fraction of sp³-hybridized carbons (Fsp3) is 0.714. The lowest BCUT2D eigenvalue weighted by Crippen LogP contribution is -2.14. The predicted octanol–water partition coefficient (Wildman–Crippen LogP) is 1.56. The number of nitrogens with one attached hydrogen (secondary N) is 1. The summed E-state index contributed by atoms with van der Waals surface area (Å²) in [5.74, 6) is 0. The zero-order valence-corrected chi connectivity index (χ0v) is 5.99. The van der Waals surface area contributed by atoms with E-state index in [9.17, 15) is 0 Å². The SMILES string of the molecule is C/C=C(\C)CNCC. The third-order valence-corrected chi connectivity index (χ3v) is 1.15. The topological polar surface area (TPSA) is 12.0 Å². The van der Waals surface area contributed by atoms with Crippen molar-refractivity contribution in [1.82, 2.24) is 5.32 Å². The molecule has 0 amide bonds. The third kappa shape index (κ3) is 3.88. The highest BCUT2D eigenvalue weighted by Crippen LogP contribution is 1.85. The van der Waals surface area contributed by atoms with Crippen LogP contribution in [0, 0.1) is 0 Å². The lowest BCUT2D eigenvalue weighted by atomic mass is 10.3. The first-order valence-corrected chi connectivity index (χ1v) is 3.13. The van der Waals surface area contributed by atoms with Gasteiger partial charge in [-0.15, -0.1) is 0 Å². The van der Waals surface area contributed by atoms with Crippen LogP contribution >= 0.6 is 0 Å². The quantitative estimate of drug-likeness (QED) is 0.548. The predicted molar refractivity (Wildman–Crippen MR) is 38.0 cm³/mol. The van der Waals surface area contributed by atoms with E-state index in [2.05, 4.69) is 32.2 Å². The summed E-state index contributed by atoms with van der Waals surface area (Å²) in [6.07, 6.45) is 2.13. The number of rotatable bonds is 3. The highest BCUT2D eigenvalue weighted by atomic mass is 14.8. The van der Waals surface area contributed by atoms with Gasteiger partial charge in [-0.3, -0.25) is 0 Å². The molecule has 0 rings (SSSR count). The average molecular weight is 113 g/mol. The van der Waals surface area contributed by atoms with Crippen LogP contribution in [0.5, 0.6) is 0 Å². The minimum atomic E-state index is 1.03. The first-order chi connectivity index (χ1) is 3.81. The molecule has 0 unspecified atom stereocenters. The molecule has 0 saturated heterocycles. The van der Waals surface area contributed by atoms with Gasteiger partial charge in [0.05, 0.1) is 0 Å². The van der Waals surface area contributed by atoms with E-state index < -0.39 is 0 Å². The van der Waals surface area contributed by atoms with Crippen molar-refractivity contribution in [3.05, 3.63) is 11.6 Å². The molecule has 0 aliphatic carbocycles. The second kappa shape index (κ2) is 4.85. The Bertz CT molecular complexity index is 74.5. The van der Waals surface area contributed by atoms with Crippen molar-refractivity contribution in [2.45, 2.75) is 20.8 Å². The third-order valence-electron chi connectivity index (χ3n) is 1.15. The molecule has 0 heterocycles. The van der Waals surface area contributed by atoms with Crippen molar-refractivity contribution >= 4 is 0 Å². The Labute approximate surface area is 51.8 Å². The molecule has 0 bridgehead atoms. The highest BCUT2D eigenvalue weighted by Gasteiger charge is 1.81. The lowest BCUT2D eigenvalue weighted by Gasteiger charge is -1.98. The molecule has 0 aliphatic heterocycles. The van der Waals surface area contributed by atoms with Gasteiger partial charge in [0.15, 0.2) is 0 Å². The van der Waals surface area contributed by atoms with Crippen LogP contribution in [0.1, 0.15) is 20.8 Å². The minimum Gasteiger partial charge on any atom is -0.313 e. The Morgan fingerprint density at radius 2 is 2.25 bits per heavy atom. The van der Waals surface area contributed by atoms with E-state index in [1.54, 1.807) is 0 Å². The Morgan fingerprint density at radius 3 is 2.62 bits per heavy atom. The number of hydrogen-bond acceptors (Lipinski definition) is 1. The van der Waals surface area contributed by atoms with Crippen LogP contribution < -0.4 is 5.32 Å². The Kier molecular flexibility index (Phi) is 4.67. The highest BCUT2D eigenvalue weighted by molar-refractivity contribution is 4.97. The van der Waals surface area contributed by atoms with Gasteiger partial charge in [-0.2, -0.15) is 0 Å². The zero-order valence-electron chi connectivity index (χ0n) is 5.99. The lowest BCUT2D eigenvalue weighted by molar-refractivity contribution is 0.775. The van der Waals surface area contributed by atoms with Gasteiger partial charge in [-0.25, -0.2) is 0 Å². The summed E-state index contributed by atoms with van der Waals surface area (Å²) in [6, 6.07) is 0. The molecule has 0 aromatic carbocycles. The molecule has 0 aromatic heterocycles. The molecule has 0 atom stereocenters. The maximum absolute atomic E-state index is 3.23. The smallest absolute Gasteiger partial charge is 0.0161 e. The summed E-state index contributed by atoms with van der Waals surface area (Å²) in [4.78, 5) is 0. The van der Waals surface area contributed by atoms with Crippen LogP contribution in [0.15, 0.2) is 11.6 Å². The van der Waals surface area contributed by atoms with Crippen molar-refractivity contribution in [2.24, 2.45) is 0 Å². The molecular formula is C7H15N. The van der Waals surface area contributed by atoms with E-state index in [1.165, 1.54) is 5.57 Å². The fourth-order valence-corrected chi connectivity index (χ4v) is 0.424. The van der Waals surface area contributed by atoms with Gasteiger partial charge in [-0.05, 0) is 20.4 Å². The number of likely N-dealkylation sites (N-methyl/N-ethyl adjacent to an activating group) is 1. The van der Waals surface area contributed by atoms with Crippen molar-refractivity contribution in [2.75, 3.05) is 13.1 Å². The largest absolute Gasteiger partial charge is 0.313 e. The van der Waals surface area contributed by atoms with E-state index in [4.69, 9.17) is 0 Å². The van der Waals surface area contributed by atoms with Crippen LogP contribution in [-0.4, -0.2) is 13.1 Å². The standard InChI is InChI=1S/C7H15N/c1-4-7(3)6-8-5-2/h4,8H,5-6H2,1-3H3/b7-4+. The van der Waals surface area contributed by atoms with Gasteiger partial charge in [0.25, 0.3) is 0 Å². The molecular weight excluding hydrogens is 98.1 g/mol. The summed E-state index contributed by atoms with van der Waals surface area (Å²) < 4.78 is 0. The molecule has 0 fully saturated rings. The Hall–Kier alpha value is -0.300. The molecule has 0 spiro atoms. The van der Waals surface area contributed by atoms with E-state index in [1.807, 2.05) is 0 Å². The molecule has 1 heteroatoms. The maximum atomic E-state index is 3.23. The maximum Gasteiger partial charge on any atom is 0.0161 e. The zero-order chi connectivity index (χ0) is 6.41. The van der Waals surface area contributed by atoms with Gasteiger partial charge >= 0.3 is 0 Å². The van der Waals surface area contributed by atoms with E-state index in [-0.39, 0.29) is 0 Å². The van der Waals surface area contributed by atoms with E-state index >= 15 is 0 Å². The van der Waals surface area contributed by atoms with Crippen molar-refractivity contribution in [3.63, 3.8) is 0 Å². The molecule has 0 saturated carbocycles. The number of allylic oxidation sites excluding steroid dienone is 1. The summed E-state index contributed by atoms with van der Waals surface area (Å²) in [7, 11) is 0. The summed E-state index contributed by atoms with van der Waals surface area (Å²) in [5.41, 5.74) is 1.41. The Balaban J connectivity index is 3.12. The van der Waals surface area contributed by atoms with Crippen LogP contribution in [0.2, 0.25) is 0 Å². The van der Waals surface area contributed by atoms with Crippen LogP contribution in [-0.2, 0) is 0 Å². The first-order valence-electron chi connectivity index (χ1n) is 3.13. The second-order valence-corrected chi connectivity index (χ2v) is 1.92. The second-order valence-electron chi connectivity index (χ2n) is 1.92. The molecule has 0 radical (unpaired) electrons. The van der Waals surface area contributed by atoms with Crippen LogP contribution in [0.4, 0.5) is 0 Å². The van der Waals surface area contributed by atoms with Crippen molar-refractivity contribution < 1.29 is 0 Å². The minimum absolute atomic E-state index is 1.03. The molecule has 8 heavy (non-hydrogen) atoms. The molecule has 0 aliphatic rings. The van der Waals surface area contributed by atoms with Gasteiger partial charge in [0, 0.05) is 6.54 Å². The summed E-state index contributed by atoms with van der Waals surface area (Å²) in [5, 5.41) is 3.23. The summed E-state index contributed by atoms with van der Waals surface area (Å²) >= 11 is 0.